The van der Waals surface area contributed by atoms with Gasteiger partial charge in [0.2, 0.25) is 0 Å². The zero-order valence-electron chi connectivity index (χ0n) is 8.47. The smallest absolute Gasteiger partial charge is 0.0339 e. The van der Waals surface area contributed by atoms with Crippen LogP contribution in [0.15, 0.2) is 12.2 Å². The fourth-order valence-corrected chi connectivity index (χ4v) is 2.10. The van der Waals surface area contributed by atoms with Crippen LogP contribution in [0.3, 0.4) is 0 Å². The minimum absolute atomic E-state index is 0.420. The van der Waals surface area contributed by atoms with E-state index in [1.54, 1.807) is 0 Å². The zero-order valence-corrected chi connectivity index (χ0v) is 9.23. The molecular weight excluding hydrogens is 180 g/mol. The van der Waals surface area contributed by atoms with Crippen molar-refractivity contribution in [2.75, 3.05) is 0 Å². The van der Waals surface area contributed by atoms with Crippen molar-refractivity contribution in [3.63, 3.8) is 0 Å². The van der Waals surface area contributed by atoms with E-state index in [2.05, 4.69) is 12.2 Å². The Morgan fingerprint density at radius 3 is 2.38 bits per heavy atom. The van der Waals surface area contributed by atoms with Crippen LogP contribution in [0.2, 0.25) is 0 Å². The van der Waals surface area contributed by atoms with Crippen LogP contribution in [0.1, 0.15) is 57.8 Å². The summed E-state index contributed by atoms with van der Waals surface area (Å²) in [6.07, 6.45) is 16.3. The first kappa shape index (κ1) is 11.1. The lowest BCUT2D eigenvalue weighted by molar-refractivity contribution is 0.570. The highest BCUT2D eigenvalue weighted by atomic mass is 35.5. The van der Waals surface area contributed by atoms with Gasteiger partial charge in [-0.3, -0.25) is 0 Å². The molecule has 0 heterocycles. The first-order valence-corrected chi connectivity index (χ1v) is 6.12. The summed E-state index contributed by atoms with van der Waals surface area (Å²) in [7, 11) is 0. The fraction of sp³-hybridized carbons (Fsp3) is 0.833. The SMILES string of the molecule is ClC1CC/C=C\CCCCCCC1. The predicted molar refractivity (Wildman–Crippen MR) is 60.3 cm³/mol. The van der Waals surface area contributed by atoms with Gasteiger partial charge in [0.25, 0.3) is 0 Å². The second-order valence-electron chi connectivity index (χ2n) is 3.99. The molecule has 0 fully saturated rings. The molecule has 76 valence electrons. The van der Waals surface area contributed by atoms with E-state index in [1.807, 2.05) is 0 Å². The number of halogens is 1. The maximum absolute atomic E-state index is 6.18. The normalized spacial score (nSPS) is 30.1. The van der Waals surface area contributed by atoms with E-state index in [-0.39, 0.29) is 0 Å². The molecule has 1 rings (SSSR count). The van der Waals surface area contributed by atoms with Crippen LogP contribution in [0.25, 0.3) is 0 Å². The molecule has 0 aromatic heterocycles. The molecule has 1 unspecified atom stereocenters. The Morgan fingerprint density at radius 2 is 1.46 bits per heavy atom. The lowest BCUT2D eigenvalue weighted by Crippen LogP contribution is -1.97. The number of alkyl halides is 1. The van der Waals surface area contributed by atoms with Gasteiger partial charge in [0.1, 0.15) is 0 Å². The maximum Gasteiger partial charge on any atom is 0.0339 e. The zero-order chi connectivity index (χ0) is 9.36. The first-order valence-electron chi connectivity index (χ1n) is 5.68. The number of hydrogen-bond donors (Lipinski definition) is 0. The van der Waals surface area contributed by atoms with Crippen LogP contribution in [0.5, 0.6) is 0 Å². The van der Waals surface area contributed by atoms with Crippen LogP contribution < -0.4 is 0 Å². The highest BCUT2D eigenvalue weighted by Gasteiger charge is 2.03. The topological polar surface area (TPSA) is 0 Å². The van der Waals surface area contributed by atoms with Gasteiger partial charge in [-0.2, -0.15) is 0 Å². The maximum atomic E-state index is 6.18. The van der Waals surface area contributed by atoms with Gasteiger partial charge in [-0.05, 0) is 32.1 Å². The first-order chi connectivity index (χ1) is 6.39. The molecule has 0 spiro atoms. The van der Waals surface area contributed by atoms with Crippen molar-refractivity contribution in [1.82, 2.24) is 0 Å². The lowest BCUT2D eigenvalue weighted by Gasteiger charge is -2.08. The van der Waals surface area contributed by atoms with E-state index in [9.17, 15) is 0 Å². The van der Waals surface area contributed by atoms with Gasteiger partial charge in [0.05, 0.1) is 0 Å². The van der Waals surface area contributed by atoms with E-state index in [0.29, 0.717) is 5.38 Å². The average molecular weight is 201 g/mol. The molecule has 0 saturated carbocycles. The Labute approximate surface area is 87.4 Å². The van der Waals surface area contributed by atoms with Crippen molar-refractivity contribution >= 4 is 11.6 Å². The third kappa shape index (κ3) is 6.15. The Morgan fingerprint density at radius 1 is 0.769 bits per heavy atom. The summed E-state index contributed by atoms with van der Waals surface area (Å²) in [5.41, 5.74) is 0. The molecule has 0 saturated heterocycles. The largest absolute Gasteiger partial charge is 0.123 e. The minimum atomic E-state index is 0.420. The van der Waals surface area contributed by atoms with E-state index < -0.39 is 0 Å². The summed E-state index contributed by atoms with van der Waals surface area (Å²) in [5.74, 6) is 0. The van der Waals surface area contributed by atoms with E-state index in [0.717, 1.165) is 6.42 Å². The number of hydrogen-bond acceptors (Lipinski definition) is 0. The van der Waals surface area contributed by atoms with Crippen molar-refractivity contribution in [2.45, 2.75) is 63.2 Å². The second-order valence-corrected chi connectivity index (χ2v) is 4.61. The highest BCUT2D eigenvalue weighted by molar-refractivity contribution is 6.20. The molecule has 1 aliphatic carbocycles. The second kappa shape index (κ2) is 7.44. The van der Waals surface area contributed by atoms with Gasteiger partial charge in [0, 0.05) is 5.38 Å². The van der Waals surface area contributed by atoms with Crippen molar-refractivity contribution in [2.24, 2.45) is 0 Å². The van der Waals surface area contributed by atoms with Crippen LogP contribution in [0, 0.1) is 0 Å². The van der Waals surface area contributed by atoms with Gasteiger partial charge in [-0.25, -0.2) is 0 Å². The van der Waals surface area contributed by atoms with Crippen molar-refractivity contribution in [3.05, 3.63) is 12.2 Å². The summed E-state index contributed by atoms with van der Waals surface area (Å²) >= 11 is 6.18. The van der Waals surface area contributed by atoms with Gasteiger partial charge in [0.15, 0.2) is 0 Å². The Balaban J connectivity index is 2.21. The van der Waals surface area contributed by atoms with Gasteiger partial charge in [-0.1, -0.05) is 37.8 Å². The van der Waals surface area contributed by atoms with Crippen molar-refractivity contribution in [3.8, 4) is 0 Å². The Hall–Kier alpha value is 0.0300. The van der Waals surface area contributed by atoms with Gasteiger partial charge >= 0.3 is 0 Å². The van der Waals surface area contributed by atoms with Crippen LogP contribution in [0.4, 0.5) is 0 Å². The predicted octanol–water partition coefficient (Wildman–Crippen LogP) is 4.67. The van der Waals surface area contributed by atoms with E-state index >= 15 is 0 Å². The van der Waals surface area contributed by atoms with Gasteiger partial charge in [-0.15, -0.1) is 11.6 Å². The lowest BCUT2D eigenvalue weighted by atomic mass is 10.0. The summed E-state index contributed by atoms with van der Waals surface area (Å²) in [5, 5.41) is 0.420. The van der Waals surface area contributed by atoms with Crippen molar-refractivity contribution in [1.29, 1.82) is 0 Å². The molecule has 0 nitrogen and oxygen atoms in total. The molecule has 1 atom stereocenters. The summed E-state index contributed by atoms with van der Waals surface area (Å²) in [6, 6.07) is 0. The highest BCUT2D eigenvalue weighted by Crippen LogP contribution is 2.17. The number of allylic oxidation sites excluding steroid dienone is 2. The number of rotatable bonds is 0. The van der Waals surface area contributed by atoms with Gasteiger partial charge < -0.3 is 0 Å². The van der Waals surface area contributed by atoms with E-state index in [4.69, 9.17) is 11.6 Å². The van der Waals surface area contributed by atoms with Crippen LogP contribution in [-0.2, 0) is 0 Å². The van der Waals surface area contributed by atoms with Crippen molar-refractivity contribution < 1.29 is 0 Å². The average Bonchev–Trinajstić information content (AvgIpc) is 2.11. The van der Waals surface area contributed by atoms with Crippen LogP contribution in [-0.4, -0.2) is 5.38 Å². The molecule has 0 N–H and O–H groups in total. The summed E-state index contributed by atoms with van der Waals surface area (Å²) in [4.78, 5) is 0. The Bertz CT molecular complexity index is 140. The third-order valence-electron chi connectivity index (χ3n) is 2.70. The molecular formula is C12H21Cl. The van der Waals surface area contributed by atoms with Crippen LogP contribution >= 0.6 is 11.6 Å². The molecule has 0 amide bonds. The molecule has 0 aliphatic heterocycles. The molecule has 13 heavy (non-hydrogen) atoms. The molecule has 0 aromatic rings. The molecule has 0 bridgehead atoms. The Kier molecular flexibility index (Phi) is 6.35. The standard InChI is InChI=1S/C12H21Cl/c13-12-10-8-6-4-2-1-3-5-7-9-11-12/h4,6,12H,1-3,5,7-11H2/b6-4-. The fourth-order valence-electron chi connectivity index (χ4n) is 1.82. The third-order valence-corrected chi connectivity index (χ3v) is 3.14. The van der Waals surface area contributed by atoms with E-state index in [1.165, 1.54) is 51.4 Å². The molecule has 0 aromatic carbocycles. The molecule has 0 radical (unpaired) electrons. The quantitative estimate of drug-likeness (QED) is 0.394. The monoisotopic (exact) mass is 200 g/mol. The summed E-state index contributed by atoms with van der Waals surface area (Å²) < 4.78 is 0. The minimum Gasteiger partial charge on any atom is -0.123 e. The molecule has 1 heteroatoms. The molecule has 1 aliphatic rings. The summed E-state index contributed by atoms with van der Waals surface area (Å²) in [6.45, 7) is 0.